The van der Waals surface area contributed by atoms with E-state index in [0.29, 0.717) is 22.5 Å². The van der Waals surface area contributed by atoms with Gasteiger partial charge in [-0.2, -0.15) is 0 Å². The zero-order valence-corrected chi connectivity index (χ0v) is 30.5. The maximum atomic E-state index is 10.5. The topological polar surface area (TPSA) is 69.8 Å². The Morgan fingerprint density at radius 1 is 0.800 bits per heavy atom. The van der Waals surface area contributed by atoms with Gasteiger partial charge in [-0.15, -0.1) is 11.3 Å². The maximum Gasteiger partial charge on any atom is 0.185 e. The van der Waals surface area contributed by atoms with Gasteiger partial charge >= 0.3 is 123 Å². The van der Waals surface area contributed by atoms with E-state index in [1.807, 2.05) is 33.7 Å². The summed E-state index contributed by atoms with van der Waals surface area (Å²) in [6, 6.07) is 8.72. The molecule has 0 N–H and O–H groups in total. The van der Waals surface area contributed by atoms with E-state index >= 15 is 0 Å². The minimum atomic E-state index is -2.01. The average Bonchev–Trinajstić information content (AvgIpc) is 3.77. The number of rotatable bonds is 13. The van der Waals surface area contributed by atoms with Gasteiger partial charge in [0.25, 0.3) is 0 Å². The van der Waals surface area contributed by atoms with Crippen molar-refractivity contribution in [3.63, 3.8) is 0 Å². The molecule has 0 saturated carbocycles. The summed E-state index contributed by atoms with van der Waals surface area (Å²) in [4.78, 5) is 29.8. The van der Waals surface area contributed by atoms with Gasteiger partial charge < -0.3 is 9.13 Å². The van der Waals surface area contributed by atoms with Gasteiger partial charge in [0.2, 0.25) is 0 Å². The van der Waals surface area contributed by atoms with Crippen LogP contribution in [0.1, 0.15) is 80.5 Å². The molecule has 4 aromatic heterocycles. The van der Waals surface area contributed by atoms with Crippen LogP contribution < -0.4 is 2.89 Å². The smallest absolute Gasteiger partial charge is 0.185 e. The van der Waals surface area contributed by atoms with Gasteiger partial charge in [0.15, 0.2) is 24.2 Å². The molecular weight excluding hydrogens is 711 g/mol. The van der Waals surface area contributed by atoms with Gasteiger partial charge in [-0.1, -0.05) is 6.07 Å². The van der Waals surface area contributed by atoms with Crippen LogP contribution in [0.3, 0.4) is 0 Å². The Hall–Kier alpha value is -1.56. The molecule has 4 aromatic rings. The van der Waals surface area contributed by atoms with Crippen LogP contribution in [0.5, 0.6) is 0 Å². The third-order valence-corrected chi connectivity index (χ3v) is 27.4. The van der Waals surface area contributed by atoms with E-state index in [9.17, 15) is 9.59 Å². The molecule has 0 aliphatic rings. The Kier molecular flexibility index (Phi) is 16.3. The number of thiophene rings is 2. The SMILES string of the molecule is CCC[CH2][Sn]([CH2]CCC)([CH2]CCC)[c]1cccs1.Cn1cc(-c2cccs2)nc1C=O.Cn1cc(Br)nc1C=O. The van der Waals surface area contributed by atoms with Crippen molar-refractivity contribution >= 4 is 72.4 Å². The molecule has 4 heterocycles. The van der Waals surface area contributed by atoms with Gasteiger partial charge in [-0.3, -0.25) is 9.59 Å². The summed E-state index contributed by atoms with van der Waals surface area (Å²) in [5, 5.41) is 4.30. The Balaban J connectivity index is 0.000000222. The van der Waals surface area contributed by atoms with Gasteiger partial charge in [0, 0.05) is 26.5 Å². The maximum absolute atomic E-state index is 10.5. The first kappa shape index (κ1) is 34.6. The molecule has 0 spiro atoms. The molecule has 10 heteroatoms. The molecule has 0 unspecified atom stereocenters. The molecule has 0 radical (unpaired) electrons. The van der Waals surface area contributed by atoms with Crippen molar-refractivity contribution in [1.82, 2.24) is 19.1 Å². The molecule has 218 valence electrons. The minimum Gasteiger partial charge on any atom is -0.331 e. The molecule has 6 nitrogen and oxygen atoms in total. The van der Waals surface area contributed by atoms with Crippen LogP contribution in [0.15, 0.2) is 52.0 Å². The number of carbonyl (C=O) groups is 2. The fourth-order valence-corrected chi connectivity index (χ4v) is 25.6. The van der Waals surface area contributed by atoms with Crippen molar-refractivity contribution < 1.29 is 9.59 Å². The number of unbranched alkanes of at least 4 members (excludes halogenated alkanes) is 3. The van der Waals surface area contributed by atoms with Gasteiger partial charge in [-0.05, 0) is 27.4 Å². The second-order valence-corrected chi connectivity index (χ2v) is 26.8. The summed E-state index contributed by atoms with van der Waals surface area (Å²) >= 11 is 4.81. The predicted molar refractivity (Wildman–Crippen MR) is 177 cm³/mol. The predicted octanol–water partition coefficient (Wildman–Crippen LogP) is 8.76. The first-order chi connectivity index (χ1) is 19.3. The van der Waals surface area contributed by atoms with Crippen LogP contribution in [-0.2, 0) is 14.1 Å². The van der Waals surface area contributed by atoms with E-state index in [1.54, 1.807) is 47.0 Å². The molecule has 4 rings (SSSR count). The fourth-order valence-electron chi connectivity index (χ4n) is 4.56. The van der Waals surface area contributed by atoms with Crippen LogP contribution in [0.4, 0.5) is 0 Å². The monoisotopic (exact) mass is 754 g/mol. The van der Waals surface area contributed by atoms with Crippen molar-refractivity contribution in [1.29, 1.82) is 0 Å². The summed E-state index contributed by atoms with van der Waals surface area (Å²) in [6.07, 6.45) is 13.6. The Bertz CT molecular complexity index is 1230. The van der Waals surface area contributed by atoms with Crippen molar-refractivity contribution in [2.75, 3.05) is 0 Å². The van der Waals surface area contributed by atoms with Crippen molar-refractivity contribution in [2.24, 2.45) is 14.1 Å². The molecule has 0 saturated heterocycles. The first-order valence-corrected chi connectivity index (χ1v) is 24.1. The van der Waals surface area contributed by atoms with Gasteiger partial charge in [0.05, 0.1) is 10.6 Å². The minimum absolute atomic E-state index is 0.432. The fraction of sp³-hybridized carbons (Fsp3) is 0.467. The Morgan fingerprint density at radius 2 is 1.32 bits per heavy atom. The van der Waals surface area contributed by atoms with Crippen molar-refractivity contribution in [2.45, 2.75) is 72.6 Å². The Morgan fingerprint density at radius 3 is 1.70 bits per heavy atom. The molecule has 0 bridgehead atoms. The standard InChI is InChI=1S/C9H8N2OS.C5H5BrN2O.C4H3S.3C4H9.Sn/c1-11-5-7(10-9(11)6-12)8-3-2-4-13-8;1-8-2-4(6)7-5(8)3-9;1-2-4-5-3-1;3*1-3-4-2;/h2-6H,1H3;2-3H,1H3;1-3H;3*1,3-4H2,2H3;. The number of aldehydes is 2. The number of nitrogens with zero attached hydrogens (tertiary/aromatic N) is 4. The van der Waals surface area contributed by atoms with E-state index in [1.165, 1.54) is 38.5 Å². The largest absolute Gasteiger partial charge is 0.331 e. The van der Waals surface area contributed by atoms with E-state index in [2.05, 4.69) is 75.5 Å². The summed E-state index contributed by atoms with van der Waals surface area (Å²) in [5.74, 6) is 0.894. The van der Waals surface area contributed by atoms with E-state index in [4.69, 9.17) is 0 Å². The molecule has 0 aromatic carbocycles. The van der Waals surface area contributed by atoms with Gasteiger partial charge in [-0.25, -0.2) is 9.97 Å². The molecule has 0 aliphatic carbocycles. The zero-order chi connectivity index (χ0) is 29.4. The van der Waals surface area contributed by atoms with Gasteiger partial charge in [0.1, 0.15) is 4.60 Å². The molecule has 0 atom stereocenters. The van der Waals surface area contributed by atoms with Crippen molar-refractivity contribution in [3.05, 3.63) is 63.7 Å². The van der Waals surface area contributed by atoms with Crippen LogP contribution in [0.2, 0.25) is 13.3 Å². The van der Waals surface area contributed by atoms with E-state index in [0.717, 1.165) is 16.9 Å². The summed E-state index contributed by atoms with van der Waals surface area (Å²) in [6.45, 7) is 7.06. The number of halogens is 1. The number of hydrogen-bond acceptors (Lipinski definition) is 6. The third kappa shape index (κ3) is 10.7. The summed E-state index contributed by atoms with van der Waals surface area (Å²) in [7, 11) is 3.58. The average molecular weight is 754 g/mol. The number of hydrogen-bond donors (Lipinski definition) is 0. The van der Waals surface area contributed by atoms with Crippen molar-refractivity contribution in [3.8, 4) is 10.6 Å². The molecule has 0 amide bonds. The molecule has 40 heavy (non-hydrogen) atoms. The molecule has 0 aliphatic heterocycles. The molecular formula is C30H43BrN4O2S2Sn. The number of imidazole rings is 2. The second-order valence-electron chi connectivity index (χ2n) is 9.91. The summed E-state index contributed by atoms with van der Waals surface area (Å²) < 4.78 is 10.7. The third-order valence-electron chi connectivity index (χ3n) is 6.85. The summed E-state index contributed by atoms with van der Waals surface area (Å²) in [5.41, 5.74) is 0.861. The number of aromatic nitrogens is 4. The van der Waals surface area contributed by atoms with Crippen LogP contribution in [0, 0.1) is 0 Å². The quantitative estimate of drug-likeness (QED) is 0.101. The Labute approximate surface area is 260 Å². The number of carbonyl (C=O) groups excluding carboxylic acids is 2. The normalized spacial score (nSPS) is 10.8. The second kappa shape index (κ2) is 18.8. The first-order valence-electron chi connectivity index (χ1n) is 14.0. The zero-order valence-electron chi connectivity index (χ0n) is 24.4. The number of aryl methyl sites for hydroxylation is 2. The molecule has 0 fully saturated rings. The van der Waals surface area contributed by atoms with Crippen LogP contribution in [0.25, 0.3) is 10.6 Å². The van der Waals surface area contributed by atoms with E-state index in [-0.39, 0.29) is 0 Å². The van der Waals surface area contributed by atoms with Crippen LogP contribution >= 0.6 is 38.6 Å². The van der Waals surface area contributed by atoms with E-state index < -0.39 is 18.4 Å². The van der Waals surface area contributed by atoms with Crippen LogP contribution in [-0.4, -0.2) is 50.1 Å².